The van der Waals surface area contributed by atoms with Crippen molar-refractivity contribution in [1.29, 1.82) is 0 Å². The van der Waals surface area contributed by atoms with Gasteiger partial charge in [-0.25, -0.2) is 0 Å². The fraction of sp³-hybridized carbons (Fsp3) is 0.364. The first-order valence-electron chi connectivity index (χ1n) is 4.84. The molecule has 1 aromatic carbocycles. The number of fused-ring (bicyclic) bond motifs is 1. The van der Waals surface area contributed by atoms with Gasteiger partial charge < -0.3 is 0 Å². The van der Waals surface area contributed by atoms with Crippen LogP contribution in [0, 0.1) is 0 Å². The van der Waals surface area contributed by atoms with Crippen LogP contribution < -0.4 is 4.91 Å². The van der Waals surface area contributed by atoms with Crippen molar-refractivity contribution in [2.45, 2.75) is 26.2 Å². The molecule has 0 aliphatic heterocycles. The Morgan fingerprint density at radius 2 is 2.00 bits per heavy atom. The van der Waals surface area contributed by atoms with E-state index in [2.05, 4.69) is 51.8 Å². The largest absolute Gasteiger partial charge is 0.252 e. The molecule has 14 heavy (non-hydrogen) atoms. The molecule has 0 atom stereocenters. The lowest BCUT2D eigenvalue weighted by Gasteiger charge is -2.18. The van der Waals surface area contributed by atoms with E-state index in [1.54, 1.807) is 11.3 Å². The Bertz CT molecular complexity index is 468. The molecule has 0 saturated carbocycles. The molecular weight excluding hydrogens is 189 g/mol. The molecule has 2 aromatic rings. The summed E-state index contributed by atoms with van der Waals surface area (Å²) in [7, 11) is 2.06. The standard InChI is InChI=1S/C11H14BNS/c1-11(2,3)7-4-5-9-8(6-7)13-10(12)14-9/h4-6H,12H2,1-3H3. The number of hydrogen-bond donors (Lipinski definition) is 0. The first-order valence-corrected chi connectivity index (χ1v) is 5.66. The van der Waals surface area contributed by atoms with Crippen LogP contribution in [0.15, 0.2) is 18.2 Å². The van der Waals surface area contributed by atoms with E-state index >= 15 is 0 Å². The highest BCUT2D eigenvalue weighted by Gasteiger charge is 2.14. The van der Waals surface area contributed by atoms with Gasteiger partial charge in [0.25, 0.3) is 0 Å². The molecule has 0 N–H and O–H groups in total. The highest BCUT2D eigenvalue weighted by molar-refractivity contribution is 7.25. The Kier molecular flexibility index (Phi) is 2.15. The maximum atomic E-state index is 4.51. The van der Waals surface area contributed by atoms with Crippen LogP contribution in [0.1, 0.15) is 26.3 Å². The first-order chi connectivity index (χ1) is 6.47. The van der Waals surface area contributed by atoms with Crippen LogP contribution in [-0.4, -0.2) is 12.8 Å². The molecule has 0 amide bonds. The number of rotatable bonds is 0. The number of aromatic nitrogens is 1. The zero-order valence-electron chi connectivity index (χ0n) is 9.09. The van der Waals surface area contributed by atoms with Gasteiger partial charge in [-0.05, 0) is 23.1 Å². The van der Waals surface area contributed by atoms with Crippen LogP contribution in [-0.2, 0) is 5.41 Å². The SMILES string of the molecule is Bc1nc2cc(C(C)(C)C)ccc2s1. The van der Waals surface area contributed by atoms with E-state index in [-0.39, 0.29) is 5.41 Å². The van der Waals surface area contributed by atoms with Gasteiger partial charge in [-0.1, -0.05) is 26.8 Å². The Hall–Kier alpha value is -0.825. The highest BCUT2D eigenvalue weighted by Crippen LogP contribution is 2.26. The zero-order valence-corrected chi connectivity index (χ0v) is 9.90. The highest BCUT2D eigenvalue weighted by atomic mass is 32.1. The van der Waals surface area contributed by atoms with Crippen LogP contribution >= 0.6 is 11.3 Å². The third kappa shape index (κ3) is 1.69. The van der Waals surface area contributed by atoms with Gasteiger partial charge in [0, 0.05) is 4.91 Å². The van der Waals surface area contributed by atoms with E-state index in [0.29, 0.717) is 0 Å². The van der Waals surface area contributed by atoms with Gasteiger partial charge in [0.1, 0.15) is 0 Å². The summed E-state index contributed by atoms with van der Waals surface area (Å²) in [6.45, 7) is 6.69. The molecule has 1 nitrogen and oxygen atoms in total. The van der Waals surface area contributed by atoms with Crippen molar-refractivity contribution in [3.8, 4) is 0 Å². The normalized spacial score (nSPS) is 12.2. The van der Waals surface area contributed by atoms with E-state index < -0.39 is 0 Å². The van der Waals surface area contributed by atoms with Crippen molar-refractivity contribution < 1.29 is 0 Å². The van der Waals surface area contributed by atoms with Crippen LogP contribution in [0.2, 0.25) is 0 Å². The summed E-state index contributed by atoms with van der Waals surface area (Å²) in [5.74, 6) is 0. The molecule has 1 aromatic heterocycles. The van der Waals surface area contributed by atoms with Crippen LogP contribution in [0.5, 0.6) is 0 Å². The maximum Gasteiger partial charge on any atom is 0.177 e. The Morgan fingerprint density at radius 1 is 1.29 bits per heavy atom. The second-order valence-electron chi connectivity index (χ2n) is 4.67. The molecule has 0 radical (unpaired) electrons. The molecule has 0 bridgehead atoms. The predicted molar refractivity (Wildman–Crippen MR) is 66.5 cm³/mol. The van der Waals surface area contributed by atoms with Crippen molar-refractivity contribution in [3.05, 3.63) is 23.8 Å². The minimum atomic E-state index is 0.214. The molecule has 0 saturated heterocycles. The molecule has 0 fully saturated rings. The fourth-order valence-corrected chi connectivity index (χ4v) is 2.32. The minimum Gasteiger partial charge on any atom is -0.252 e. The molecular formula is C11H14BNS. The third-order valence-electron chi connectivity index (χ3n) is 2.36. The number of hydrogen-bond acceptors (Lipinski definition) is 2. The molecule has 0 spiro atoms. The van der Waals surface area contributed by atoms with Gasteiger partial charge >= 0.3 is 0 Å². The van der Waals surface area contributed by atoms with Crippen molar-refractivity contribution in [1.82, 2.24) is 4.98 Å². The van der Waals surface area contributed by atoms with Gasteiger partial charge in [0.2, 0.25) is 0 Å². The average molecular weight is 203 g/mol. The number of thiazole rings is 1. The maximum absolute atomic E-state index is 4.51. The summed E-state index contributed by atoms with van der Waals surface area (Å²) in [6, 6.07) is 6.60. The van der Waals surface area contributed by atoms with Crippen LogP contribution in [0.25, 0.3) is 10.2 Å². The van der Waals surface area contributed by atoms with Crippen molar-refractivity contribution in [2.75, 3.05) is 0 Å². The Balaban J connectivity index is 2.62. The fourth-order valence-electron chi connectivity index (χ4n) is 1.51. The second kappa shape index (κ2) is 3.09. The van der Waals surface area contributed by atoms with E-state index in [9.17, 15) is 0 Å². The molecule has 2 rings (SSSR count). The van der Waals surface area contributed by atoms with E-state index in [1.807, 2.05) is 0 Å². The topological polar surface area (TPSA) is 12.9 Å². The van der Waals surface area contributed by atoms with Crippen molar-refractivity contribution in [2.24, 2.45) is 0 Å². The third-order valence-corrected chi connectivity index (χ3v) is 3.31. The number of benzene rings is 1. The lowest BCUT2D eigenvalue weighted by molar-refractivity contribution is 0.591. The van der Waals surface area contributed by atoms with E-state index in [0.717, 1.165) is 10.4 Å². The second-order valence-corrected chi connectivity index (χ2v) is 5.90. The Labute approximate surface area is 89.6 Å². The smallest absolute Gasteiger partial charge is 0.177 e. The van der Waals surface area contributed by atoms with E-state index in [4.69, 9.17) is 0 Å². The zero-order chi connectivity index (χ0) is 10.3. The molecule has 1 heterocycles. The molecule has 0 aliphatic carbocycles. The van der Waals surface area contributed by atoms with Gasteiger partial charge in [-0.3, -0.25) is 4.98 Å². The summed E-state index contributed by atoms with van der Waals surface area (Å²) < 4.78 is 1.29. The molecule has 3 heteroatoms. The summed E-state index contributed by atoms with van der Waals surface area (Å²) in [4.78, 5) is 5.65. The van der Waals surface area contributed by atoms with Gasteiger partial charge in [-0.2, -0.15) is 0 Å². The predicted octanol–water partition coefficient (Wildman–Crippen LogP) is 1.85. The first kappa shape index (κ1) is 9.72. The van der Waals surface area contributed by atoms with Crippen molar-refractivity contribution >= 4 is 34.3 Å². The molecule has 72 valence electrons. The summed E-state index contributed by atoms with van der Waals surface area (Å²) in [5, 5.41) is 0. The number of nitrogens with zero attached hydrogens (tertiary/aromatic N) is 1. The van der Waals surface area contributed by atoms with Crippen LogP contribution in [0.4, 0.5) is 0 Å². The van der Waals surface area contributed by atoms with Gasteiger partial charge in [0.15, 0.2) is 7.85 Å². The average Bonchev–Trinajstić information content (AvgIpc) is 2.41. The van der Waals surface area contributed by atoms with Crippen molar-refractivity contribution in [3.63, 3.8) is 0 Å². The van der Waals surface area contributed by atoms with Gasteiger partial charge in [0.05, 0.1) is 10.2 Å². The summed E-state index contributed by atoms with van der Waals surface area (Å²) in [6.07, 6.45) is 0. The Morgan fingerprint density at radius 3 is 2.64 bits per heavy atom. The quantitative estimate of drug-likeness (QED) is 0.595. The molecule has 0 aliphatic rings. The molecule has 0 unspecified atom stereocenters. The lowest BCUT2D eigenvalue weighted by atomic mass is 9.87. The van der Waals surface area contributed by atoms with Crippen LogP contribution in [0.3, 0.4) is 0 Å². The lowest BCUT2D eigenvalue weighted by Crippen LogP contribution is -2.10. The monoisotopic (exact) mass is 203 g/mol. The van der Waals surface area contributed by atoms with E-state index in [1.165, 1.54) is 10.3 Å². The summed E-state index contributed by atoms with van der Waals surface area (Å²) >= 11 is 1.76. The summed E-state index contributed by atoms with van der Waals surface area (Å²) in [5.41, 5.74) is 2.71. The minimum absolute atomic E-state index is 0.214. The van der Waals surface area contributed by atoms with Gasteiger partial charge in [-0.15, -0.1) is 11.3 Å².